The van der Waals surface area contributed by atoms with E-state index in [1.807, 2.05) is 0 Å². The lowest BCUT2D eigenvalue weighted by Crippen LogP contribution is -2.46. The molecule has 0 aliphatic carbocycles. The lowest BCUT2D eigenvalue weighted by molar-refractivity contribution is -0.136. The van der Waals surface area contributed by atoms with Crippen LogP contribution in [-0.2, 0) is 4.79 Å². The Kier molecular flexibility index (Phi) is 4.95. The Morgan fingerprint density at radius 3 is 1.92 bits per heavy atom. The molecule has 0 heterocycles. The zero-order valence-corrected chi connectivity index (χ0v) is 6.24. The van der Waals surface area contributed by atoms with Crippen LogP contribution in [0.15, 0.2) is 0 Å². The van der Waals surface area contributed by atoms with Crippen molar-refractivity contribution >= 4 is 6.29 Å². The van der Waals surface area contributed by atoms with Crippen molar-refractivity contribution < 1.29 is 30.3 Å². The van der Waals surface area contributed by atoms with Crippen molar-refractivity contribution in [2.45, 2.75) is 24.4 Å². The molecule has 0 fully saturated rings. The SMILES string of the molecule is O=[13CH][C@@H](O)[C@H](O)[C@@H](O)[C@H](O)CO. The summed E-state index contributed by atoms with van der Waals surface area (Å²) >= 11 is 0. The third-order valence-corrected chi connectivity index (χ3v) is 1.42. The van der Waals surface area contributed by atoms with Crippen molar-refractivity contribution in [1.29, 1.82) is 0 Å². The molecule has 6 heteroatoms. The van der Waals surface area contributed by atoms with E-state index < -0.39 is 31.0 Å². The van der Waals surface area contributed by atoms with Crippen molar-refractivity contribution in [3.05, 3.63) is 0 Å². The topological polar surface area (TPSA) is 118 Å². The van der Waals surface area contributed by atoms with Crippen molar-refractivity contribution in [1.82, 2.24) is 0 Å². The first kappa shape index (κ1) is 11.5. The molecular formula is C6H12O6. The molecule has 0 saturated carbocycles. The van der Waals surface area contributed by atoms with Gasteiger partial charge in [0.05, 0.1) is 6.61 Å². The van der Waals surface area contributed by atoms with E-state index in [9.17, 15) is 4.79 Å². The van der Waals surface area contributed by atoms with E-state index in [1.165, 1.54) is 0 Å². The van der Waals surface area contributed by atoms with Gasteiger partial charge in [-0.25, -0.2) is 0 Å². The van der Waals surface area contributed by atoms with E-state index in [2.05, 4.69) is 0 Å². The highest BCUT2D eigenvalue weighted by atomic mass is 16.4. The van der Waals surface area contributed by atoms with Gasteiger partial charge in [-0.05, 0) is 0 Å². The largest absolute Gasteiger partial charge is 0.394 e. The number of carbonyl (C=O) groups is 1. The van der Waals surface area contributed by atoms with Crippen LogP contribution < -0.4 is 0 Å². The molecular weight excluding hydrogens is 169 g/mol. The maximum absolute atomic E-state index is 9.90. The maximum atomic E-state index is 9.90. The first-order chi connectivity index (χ1) is 5.54. The lowest BCUT2D eigenvalue weighted by Gasteiger charge is -2.22. The summed E-state index contributed by atoms with van der Waals surface area (Å²) < 4.78 is 0. The van der Waals surface area contributed by atoms with Gasteiger partial charge in [-0.2, -0.15) is 0 Å². The third kappa shape index (κ3) is 2.84. The van der Waals surface area contributed by atoms with Gasteiger partial charge in [0.2, 0.25) is 0 Å². The van der Waals surface area contributed by atoms with E-state index >= 15 is 0 Å². The molecule has 0 amide bonds. The molecule has 0 rings (SSSR count). The predicted octanol–water partition coefficient (Wildman–Crippen LogP) is -3.38. The Balaban J connectivity index is 4.07. The van der Waals surface area contributed by atoms with Crippen molar-refractivity contribution in [3.63, 3.8) is 0 Å². The highest BCUT2D eigenvalue weighted by molar-refractivity contribution is 5.56. The zero-order chi connectivity index (χ0) is 9.72. The first-order valence-electron chi connectivity index (χ1n) is 3.33. The molecule has 0 unspecified atom stereocenters. The Bertz CT molecular complexity index is 138. The highest BCUT2D eigenvalue weighted by Gasteiger charge is 2.29. The molecule has 0 aliphatic heterocycles. The van der Waals surface area contributed by atoms with Gasteiger partial charge in [-0.3, -0.25) is 0 Å². The van der Waals surface area contributed by atoms with Gasteiger partial charge in [-0.1, -0.05) is 0 Å². The summed E-state index contributed by atoms with van der Waals surface area (Å²) in [5, 5.41) is 43.5. The first-order valence-corrected chi connectivity index (χ1v) is 3.33. The molecule has 0 saturated heterocycles. The van der Waals surface area contributed by atoms with Crippen LogP contribution in [-0.4, -0.2) is 62.8 Å². The second kappa shape index (κ2) is 5.18. The number of aliphatic hydroxyl groups is 5. The van der Waals surface area contributed by atoms with Crippen molar-refractivity contribution in [2.24, 2.45) is 0 Å². The lowest BCUT2D eigenvalue weighted by atomic mass is 10.1. The van der Waals surface area contributed by atoms with Crippen LogP contribution in [0.3, 0.4) is 0 Å². The Morgan fingerprint density at radius 1 is 1.08 bits per heavy atom. The van der Waals surface area contributed by atoms with Crippen molar-refractivity contribution in [3.8, 4) is 0 Å². The quantitative estimate of drug-likeness (QED) is 0.223. The molecule has 6 nitrogen and oxygen atoms in total. The standard InChI is InChI=1S/C6H12O6/c7-1-3(9)5(11)6(12)4(10)2-8/h1,3-6,8-12H,2H2/t3-,4-,5+,6+/m1/s1/i1+1. The summed E-state index contributed by atoms with van der Waals surface area (Å²) in [6, 6.07) is 0. The second-order valence-electron chi connectivity index (χ2n) is 2.36. The molecule has 5 N–H and O–H groups in total. The summed E-state index contributed by atoms with van der Waals surface area (Å²) in [7, 11) is 0. The van der Waals surface area contributed by atoms with Crippen LogP contribution in [0.5, 0.6) is 0 Å². The Morgan fingerprint density at radius 2 is 1.58 bits per heavy atom. The normalized spacial score (nSPS) is 21.1. The highest BCUT2D eigenvalue weighted by Crippen LogP contribution is 2.02. The van der Waals surface area contributed by atoms with E-state index in [-0.39, 0.29) is 6.29 Å². The fourth-order valence-electron chi connectivity index (χ4n) is 0.618. The minimum absolute atomic E-state index is 0.0258. The fraction of sp³-hybridized carbons (Fsp3) is 0.833. The maximum Gasteiger partial charge on any atom is 0.151 e. The molecule has 0 aromatic carbocycles. The van der Waals surface area contributed by atoms with Gasteiger partial charge in [0.25, 0.3) is 0 Å². The fourth-order valence-corrected chi connectivity index (χ4v) is 0.618. The average Bonchev–Trinajstić information content (AvgIpc) is 2.12. The molecule has 0 aromatic heterocycles. The number of carbonyl (C=O) groups excluding carboxylic acids is 1. The molecule has 4 atom stereocenters. The van der Waals surface area contributed by atoms with Crippen LogP contribution in [0.25, 0.3) is 0 Å². The summed E-state index contributed by atoms with van der Waals surface area (Å²) in [6.07, 6.45) is -6.84. The molecule has 0 aliphatic rings. The zero-order valence-electron chi connectivity index (χ0n) is 6.24. The van der Waals surface area contributed by atoms with Crippen molar-refractivity contribution in [2.75, 3.05) is 6.61 Å². The van der Waals surface area contributed by atoms with Crippen LogP contribution >= 0.6 is 0 Å². The van der Waals surface area contributed by atoms with E-state index in [4.69, 9.17) is 25.5 Å². The minimum Gasteiger partial charge on any atom is -0.394 e. The summed E-state index contributed by atoms with van der Waals surface area (Å²) in [5.74, 6) is 0. The van der Waals surface area contributed by atoms with Gasteiger partial charge in [0.1, 0.15) is 24.4 Å². The number of rotatable bonds is 5. The van der Waals surface area contributed by atoms with Crippen LogP contribution in [0.4, 0.5) is 0 Å². The average molecular weight is 181 g/mol. The summed E-state index contributed by atoms with van der Waals surface area (Å²) in [6.45, 7) is -0.760. The molecule has 0 aromatic rings. The van der Waals surface area contributed by atoms with Crippen LogP contribution in [0, 0.1) is 0 Å². The van der Waals surface area contributed by atoms with Gasteiger partial charge >= 0.3 is 0 Å². The van der Waals surface area contributed by atoms with Gasteiger partial charge in [0, 0.05) is 0 Å². The Hall–Kier alpha value is -0.530. The number of hydrogen-bond acceptors (Lipinski definition) is 6. The monoisotopic (exact) mass is 181 g/mol. The molecule has 0 bridgehead atoms. The van der Waals surface area contributed by atoms with Crippen LogP contribution in [0.2, 0.25) is 0 Å². The van der Waals surface area contributed by atoms with Gasteiger partial charge in [0.15, 0.2) is 6.29 Å². The predicted molar refractivity (Wildman–Crippen MR) is 37.2 cm³/mol. The summed E-state index contributed by atoms with van der Waals surface area (Å²) in [5.41, 5.74) is 0. The van der Waals surface area contributed by atoms with E-state index in [1.54, 1.807) is 0 Å². The Labute approximate surface area is 68.7 Å². The van der Waals surface area contributed by atoms with E-state index in [0.717, 1.165) is 0 Å². The van der Waals surface area contributed by atoms with E-state index in [0.29, 0.717) is 0 Å². The number of aldehydes is 1. The molecule has 72 valence electrons. The third-order valence-electron chi connectivity index (χ3n) is 1.42. The molecule has 0 spiro atoms. The number of aliphatic hydroxyl groups excluding tert-OH is 5. The van der Waals surface area contributed by atoms with Gasteiger partial charge in [-0.15, -0.1) is 0 Å². The summed E-state index contributed by atoms with van der Waals surface area (Å²) in [4.78, 5) is 9.90. The number of hydrogen-bond donors (Lipinski definition) is 5. The van der Waals surface area contributed by atoms with Gasteiger partial charge < -0.3 is 30.3 Å². The second-order valence-corrected chi connectivity index (χ2v) is 2.36. The smallest absolute Gasteiger partial charge is 0.151 e. The molecule has 12 heavy (non-hydrogen) atoms. The van der Waals surface area contributed by atoms with Crippen LogP contribution in [0.1, 0.15) is 0 Å². The molecule has 0 radical (unpaired) electrons. The minimum atomic E-state index is -1.79.